The van der Waals surface area contributed by atoms with E-state index in [9.17, 15) is 9.59 Å². The summed E-state index contributed by atoms with van der Waals surface area (Å²) < 4.78 is 0. The van der Waals surface area contributed by atoms with Crippen LogP contribution in [0.15, 0.2) is 18.6 Å². The van der Waals surface area contributed by atoms with Gasteiger partial charge in [0, 0.05) is 62.0 Å². The van der Waals surface area contributed by atoms with Gasteiger partial charge in [-0.3, -0.25) is 14.7 Å². The van der Waals surface area contributed by atoms with Crippen molar-refractivity contribution in [3.05, 3.63) is 35.7 Å². The molecule has 2 fully saturated rings. The summed E-state index contributed by atoms with van der Waals surface area (Å²) in [4.78, 5) is 36.3. The maximum atomic E-state index is 12.8. The zero-order valence-electron chi connectivity index (χ0n) is 15.7. The van der Waals surface area contributed by atoms with E-state index < -0.39 is 0 Å². The highest BCUT2D eigenvalue weighted by atomic mass is 16.2. The molecule has 27 heavy (non-hydrogen) atoms. The molecule has 0 radical (unpaired) electrons. The predicted octanol–water partition coefficient (Wildman–Crippen LogP) is 1.53. The molecule has 0 saturated carbocycles. The number of hydrogen-bond donors (Lipinski definition) is 2. The Bertz CT molecular complexity index is 814. The number of carbonyl (C=O) groups is 2. The predicted molar refractivity (Wildman–Crippen MR) is 99.0 cm³/mol. The summed E-state index contributed by atoms with van der Waals surface area (Å²) in [7, 11) is 0. The van der Waals surface area contributed by atoms with Gasteiger partial charge < -0.3 is 14.8 Å². The normalized spacial score (nSPS) is 23.2. The fraction of sp³-hybridized carbons (Fsp3) is 0.579. The third-order valence-corrected chi connectivity index (χ3v) is 5.83. The lowest BCUT2D eigenvalue weighted by Crippen LogP contribution is -2.55. The zero-order chi connectivity index (χ0) is 18.9. The van der Waals surface area contributed by atoms with Gasteiger partial charge in [0.15, 0.2) is 0 Å². The Hall–Kier alpha value is -2.64. The van der Waals surface area contributed by atoms with Crippen molar-refractivity contribution in [1.29, 1.82) is 0 Å². The molecule has 1 unspecified atom stereocenters. The second kappa shape index (κ2) is 7.17. The SMILES string of the molecule is Cc1cc(C(=O)N2CCCC3(CCC(=O)N(CCc4cnc[nH]4)C3)C2)n[nH]1. The first-order chi connectivity index (χ1) is 13.0. The van der Waals surface area contributed by atoms with Gasteiger partial charge in [-0.25, -0.2) is 4.98 Å². The number of piperidine rings is 2. The highest BCUT2D eigenvalue weighted by Gasteiger charge is 2.42. The molecule has 2 aliphatic heterocycles. The van der Waals surface area contributed by atoms with E-state index in [1.807, 2.05) is 16.7 Å². The molecule has 8 nitrogen and oxygen atoms in total. The Morgan fingerprint density at radius 3 is 2.96 bits per heavy atom. The quantitative estimate of drug-likeness (QED) is 0.853. The van der Waals surface area contributed by atoms with Crippen molar-refractivity contribution in [2.75, 3.05) is 26.2 Å². The standard InChI is InChI=1S/C19H26N6O2/c1-14-9-16(23-22-14)18(27)25-7-2-5-19(12-25)6-3-17(26)24(11-19)8-4-15-10-20-13-21-15/h9-10,13H,2-8,11-12H2,1H3,(H,20,21)(H,22,23). The number of amides is 2. The maximum Gasteiger partial charge on any atom is 0.274 e. The first-order valence-electron chi connectivity index (χ1n) is 9.61. The molecule has 1 atom stereocenters. The van der Waals surface area contributed by atoms with Crippen LogP contribution in [0.4, 0.5) is 0 Å². The smallest absolute Gasteiger partial charge is 0.274 e. The van der Waals surface area contributed by atoms with Crippen LogP contribution in [-0.2, 0) is 11.2 Å². The third kappa shape index (κ3) is 3.74. The fourth-order valence-electron chi connectivity index (χ4n) is 4.39. The van der Waals surface area contributed by atoms with Crippen LogP contribution in [0.25, 0.3) is 0 Å². The van der Waals surface area contributed by atoms with Gasteiger partial charge in [0.25, 0.3) is 5.91 Å². The highest BCUT2D eigenvalue weighted by Crippen LogP contribution is 2.39. The monoisotopic (exact) mass is 370 g/mol. The summed E-state index contributed by atoms with van der Waals surface area (Å²) in [6, 6.07) is 1.80. The first kappa shape index (κ1) is 17.8. The van der Waals surface area contributed by atoms with Crippen LogP contribution in [0.1, 0.15) is 47.6 Å². The Morgan fingerprint density at radius 2 is 2.22 bits per heavy atom. The zero-order valence-corrected chi connectivity index (χ0v) is 15.7. The number of nitrogens with one attached hydrogen (secondary N) is 2. The number of rotatable bonds is 4. The molecule has 0 aliphatic carbocycles. The van der Waals surface area contributed by atoms with Crippen LogP contribution in [0.2, 0.25) is 0 Å². The number of aromatic amines is 2. The van der Waals surface area contributed by atoms with E-state index in [2.05, 4.69) is 20.2 Å². The number of aromatic nitrogens is 4. The van der Waals surface area contributed by atoms with Crippen molar-refractivity contribution in [3.8, 4) is 0 Å². The van der Waals surface area contributed by atoms with Crippen molar-refractivity contribution >= 4 is 11.8 Å². The molecular weight excluding hydrogens is 344 g/mol. The average Bonchev–Trinajstić information content (AvgIpc) is 3.34. The minimum absolute atomic E-state index is 0.00115. The van der Waals surface area contributed by atoms with Gasteiger partial charge in [0.2, 0.25) is 5.91 Å². The average molecular weight is 370 g/mol. The van der Waals surface area contributed by atoms with Gasteiger partial charge >= 0.3 is 0 Å². The van der Waals surface area contributed by atoms with Crippen LogP contribution in [-0.4, -0.2) is 68.0 Å². The van der Waals surface area contributed by atoms with E-state index in [1.54, 1.807) is 18.6 Å². The molecule has 144 valence electrons. The molecule has 0 aromatic carbocycles. The van der Waals surface area contributed by atoms with Gasteiger partial charge in [-0.05, 0) is 32.3 Å². The van der Waals surface area contributed by atoms with Crippen molar-refractivity contribution in [1.82, 2.24) is 30.0 Å². The van der Waals surface area contributed by atoms with Crippen LogP contribution in [0.5, 0.6) is 0 Å². The topological polar surface area (TPSA) is 98.0 Å². The minimum Gasteiger partial charge on any atom is -0.348 e. The van der Waals surface area contributed by atoms with E-state index in [0.29, 0.717) is 25.2 Å². The highest BCUT2D eigenvalue weighted by molar-refractivity contribution is 5.92. The Kier molecular flexibility index (Phi) is 4.72. The summed E-state index contributed by atoms with van der Waals surface area (Å²) in [5.74, 6) is 0.200. The van der Waals surface area contributed by atoms with E-state index in [4.69, 9.17) is 0 Å². The van der Waals surface area contributed by atoms with E-state index >= 15 is 0 Å². The molecule has 2 aliphatic rings. The molecule has 0 bridgehead atoms. The molecule has 4 heterocycles. The van der Waals surface area contributed by atoms with Crippen LogP contribution in [0, 0.1) is 12.3 Å². The summed E-state index contributed by atoms with van der Waals surface area (Å²) in [6.07, 6.45) is 7.69. The number of carbonyl (C=O) groups excluding carboxylic acids is 2. The molecule has 1 spiro atoms. The lowest BCUT2D eigenvalue weighted by molar-refractivity contribution is -0.138. The number of imidazole rings is 1. The summed E-state index contributed by atoms with van der Waals surface area (Å²) >= 11 is 0. The van der Waals surface area contributed by atoms with Gasteiger partial charge in [-0.2, -0.15) is 5.10 Å². The molecule has 2 aromatic rings. The van der Waals surface area contributed by atoms with E-state index in [1.165, 1.54) is 0 Å². The van der Waals surface area contributed by atoms with Gasteiger partial charge in [0.05, 0.1) is 6.33 Å². The number of H-pyrrole nitrogens is 2. The molecule has 2 saturated heterocycles. The van der Waals surface area contributed by atoms with Crippen molar-refractivity contribution in [3.63, 3.8) is 0 Å². The fourth-order valence-corrected chi connectivity index (χ4v) is 4.39. The summed E-state index contributed by atoms with van der Waals surface area (Å²) in [6.45, 7) is 4.77. The minimum atomic E-state index is -0.0145. The summed E-state index contributed by atoms with van der Waals surface area (Å²) in [5.41, 5.74) is 2.41. The van der Waals surface area contributed by atoms with E-state index in [-0.39, 0.29) is 17.2 Å². The van der Waals surface area contributed by atoms with Crippen LogP contribution in [0.3, 0.4) is 0 Å². The van der Waals surface area contributed by atoms with Gasteiger partial charge in [0.1, 0.15) is 5.69 Å². The van der Waals surface area contributed by atoms with E-state index in [0.717, 1.165) is 50.2 Å². The summed E-state index contributed by atoms with van der Waals surface area (Å²) in [5, 5.41) is 6.96. The molecule has 2 amide bonds. The number of nitrogens with zero attached hydrogens (tertiary/aromatic N) is 4. The van der Waals surface area contributed by atoms with Crippen LogP contribution >= 0.6 is 0 Å². The van der Waals surface area contributed by atoms with Crippen molar-refractivity contribution in [2.45, 2.75) is 39.0 Å². The second-order valence-corrected chi connectivity index (χ2v) is 7.91. The van der Waals surface area contributed by atoms with Crippen LogP contribution < -0.4 is 0 Å². The lowest BCUT2D eigenvalue weighted by Gasteiger charge is -2.48. The third-order valence-electron chi connectivity index (χ3n) is 5.83. The Labute approximate surface area is 158 Å². The second-order valence-electron chi connectivity index (χ2n) is 7.91. The van der Waals surface area contributed by atoms with Gasteiger partial charge in [-0.15, -0.1) is 0 Å². The largest absolute Gasteiger partial charge is 0.348 e. The van der Waals surface area contributed by atoms with Gasteiger partial charge in [-0.1, -0.05) is 0 Å². The number of likely N-dealkylation sites (tertiary alicyclic amines) is 2. The number of hydrogen-bond acceptors (Lipinski definition) is 4. The molecule has 8 heteroatoms. The first-order valence-corrected chi connectivity index (χ1v) is 9.61. The lowest BCUT2D eigenvalue weighted by atomic mass is 9.73. The van der Waals surface area contributed by atoms with Crippen molar-refractivity contribution in [2.24, 2.45) is 5.41 Å². The maximum absolute atomic E-state index is 12.8. The molecule has 4 rings (SSSR count). The number of aryl methyl sites for hydroxylation is 1. The van der Waals surface area contributed by atoms with Crippen molar-refractivity contribution < 1.29 is 9.59 Å². The Morgan fingerprint density at radius 1 is 1.33 bits per heavy atom. The molecule has 2 N–H and O–H groups in total. The molecular formula is C19H26N6O2. The molecule has 2 aromatic heterocycles. The Balaban J connectivity index is 1.43.